The summed E-state index contributed by atoms with van der Waals surface area (Å²) in [5.41, 5.74) is 6.91. The zero-order valence-electron chi connectivity index (χ0n) is 8.18. The first-order valence-electron chi connectivity index (χ1n) is 4.59. The lowest BCUT2D eigenvalue weighted by atomic mass is 10.0. The van der Waals surface area contributed by atoms with Gasteiger partial charge in [0.15, 0.2) is 0 Å². The van der Waals surface area contributed by atoms with E-state index < -0.39 is 5.82 Å². The van der Waals surface area contributed by atoms with Gasteiger partial charge in [-0.05, 0) is 12.1 Å². The summed E-state index contributed by atoms with van der Waals surface area (Å²) in [6.07, 6.45) is 0. The number of nitrogen functional groups attached to an aromatic ring is 1. The zero-order chi connectivity index (χ0) is 11.7. The average Bonchev–Trinajstić information content (AvgIpc) is 2.27. The molecule has 0 unspecified atom stereocenters. The summed E-state index contributed by atoms with van der Waals surface area (Å²) < 4.78 is 13.3. The molecular weight excluding hydrogens is 248 g/mol. The van der Waals surface area contributed by atoms with E-state index in [0.717, 1.165) is 0 Å². The van der Waals surface area contributed by atoms with Crippen LogP contribution in [0.2, 0.25) is 10.0 Å². The number of anilines is 1. The molecule has 82 valence electrons. The first kappa shape index (κ1) is 11.2. The lowest BCUT2D eigenvalue weighted by Crippen LogP contribution is -1.94. The highest BCUT2D eigenvalue weighted by molar-refractivity contribution is 6.43. The summed E-state index contributed by atoms with van der Waals surface area (Å²) in [5, 5.41) is 0.796. The molecule has 0 saturated heterocycles. The van der Waals surface area contributed by atoms with Gasteiger partial charge in [0.25, 0.3) is 0 Å². The van der Waals surface area contributed by atoms with Crippen LogP contribution in [0.25, 0.3) is 11.1 Å². The van der Waals surface area contributed by atoms with Crippen LogP contribution in [0.3, 0.4) is 0 Å². The Morgan fingerprint density at radius 3 is 2.31 bits per heavy atom. The Bertz CT molecular complexity index is 491. The molecule has 4 heteroatoms. The van der Waals surface area contributed by atoms with Gasteiger partial charge in [0.05, 0.1) is 15.7 Å². The third-order valence-electron chi connectivity index (χ3n) is 2.29. The molecule has 0 aliphatic carbocycles. The van der Waals surface area contributed by atoms with Gasteiger partial charge in [0.2, 0.25) is 0 Å². The molecule has 0 amide bonds. The van der Waals surface area contributed by atoms with Gasteiger partial charge in [0, 0.05) is 11.1 Å². The minimum atomic E-state index is -0.464. The van der Waals surface area contributed by atoms with Gasteiger partial charge >= 0.3 is 0 Å². The van der Waals surface area contributed by atoms with Crippen LogP contribution >= 0.6 is 23.2 Å². The molecule has 0 aliphatic heterocycles. The van der Waals surface area contributed by atoms with Gasteiger partial charge in [0.1, 0.15) is 5.82 Å². The fourth-order valence-corrected chi connectivity index (χ4v) is 1.89. The van der Waals surface area contributed by atoms with Crippen molar-refractivity contribution in [3.05, 3.63) is 52.3 Å². The van der Waals surface area contributed by atoms with Crippen molar-refractivity contribution in [2.75, 3.05) is 5.73 Å². The van der Waals surface area contributed by atoms with E-state index in [1.54, 1.807) is 30.3 Å². The molecule has 0 spiro atoms. The number of rotatable bonds is 1. The lowest BCUT2D eigenvalue weighted by Gasteiger charge is -2.09. The van der Waals surface area contributed by atoms with E-state index in [9.17, 15) is 4.39 Å². The molecule has 2 aromatic rings. The smallest absolute Gasteiger partial charge is 0.146 e. The topological polar surface area (TPSA) is 26.0 Å². The molecule has 0 aromatic heterocycles. The van der Waals surface area contributed by atoms with E-state index in [0.29, 0.717) is 21.2 Å². The summed E-state index contributed by atoms with van der Waals surface area (Å²) in [6.45, 7) is 0. The van der Waals surface area contributed by atoms with E-state index in [2.05, 4.69) is 0 Å². The van der Waals surface area contributed by atoms with Crippen molar-refractivity contribution in [2.45, 2.75) is 0 Å². The summed E-state index contributed by atoms with van der Waals surface area (Å²) in [7, 11) is 0. The van der Waals surface area contributed by atoms with Gasteiger partial charge < -0.3 is 5.73 Å². The quantitative estimate of drug-likeness (QED) is 0.752. The molecular formula is C12H8Cl2FN. The Morgan fingerprint density at radius 2 is 1.56 bits per heavy atom. The average molecular weight is 256 g/mol. The van der Waals surface area contributed by atoms with E-state index in [-0.39, 0.29) is 5.69 Å². The molecule has 0 radical (unpaired) electrons. The Balaban J connectivity index is 2.68. The maximum atomic E-state index is 13.3. The summed E-state index contributed by atoms with van der Waals surface area (Å²) in [4.78, 5) is 0. The van der Waals surface area contributed by atoms with E-state index in [1.807, 2.05) is 0 Å². The number of halogens is 3. The fraction of sp³-hybridized carbons (Fsp3) is 0. The summed E-state index contributed by atoms with van der Waals surface area (Å²) >= 11 is 11.9. The second kappa shape index (κ2) is 4.32. The first-order chi connectivity index (χ1) is 7.61. The highest BCUT2D eigenvalue weighted by Gasteiger charge is 2.11. The largest absolute Gasteiger partial charge is 0.396 e. The summed E-state index contributed by atoms with van der Waals surface area (Å²) in [5.74, 6) is -0.464. The SMILES string of the molecule is Nc1c(F)cccc1-c1cccc(Cl)c1Cl. The Morgan fingerprint density at radius 1 is 0.938 bits per heavy atom. The standard InChI is InChI=1S/C12H8Cl2FN/c13-9-5-1-3-7(11(9)14)8-4-2-6-10(15)12(8)16/h1-6H,16H2. The fourth-order valence-electron chi connectivity index (χ4n) is 1.48. The van der Waals surface area contributed by atoms with Gasteiger partial charge in [-0.15, -0.1) is 0 Å². The van der Waals surface area contributed by atoms with Crippen LogP contribution in [0.5, 0.6) is 0 Å². The van der Waals surface area contributed by atoms with Crippen LogP contribution in [-0.4, -0.2) is 0 Å². The lowest BCUT2D eigenvalue weighted by molar-refractivity contribution is 0.633. The van der Waals surface area contributed by atoms with Crippen molar-refractivity contribution in [2.24, 2.45) is 0 Å². The van der Waals surface area contributed by atoms with Crippen molar-refractivity contribution in [1.29, 1.82) is 0 Å². The van der Waals surface area contributed by atoms with Crippen molar-refractivity contribution < 1.29 is 4.39 Å². The molecule has 0 heterocycles. The van der Waals surface area contributed by atoms with Crippen LogP contribution in [0.15, 0.2) is 36.4 Å². The number of para-hydroxylation sites is 1. The van der Waals surface area contributed by atoms with E-state index >= 15 is 0 Å². The third-order valence-corrected chi connectivity index (χ3v) is 3.11. The summed E-state index contributed by atoms with van der Waals surface area (Å²) in [6, 6.07) is 9.75. The molecule has 2 rings (SSSR count). The van der Waals surface area contributed by atoms with Gasteiger partial charge in [-0.25, -0.2) is 4.39 Å². The second-order valence-corrected chi connectivity index (χ2v) is 4.09. The van der Waals surface area contributed by atoms with Crippen molar-refractivity contribution in [3.63, 3.8) is 0 Å². The Kier molecular flexibility index (Phi) is 3.03. The van der Waals surface area contributed by atoms with Gasteiger partial charge in [-0.1, -0.05) is 47.5 Å². The van der Waals surface area contributed by atoms with Crippen LogP contribution < -0.4 is 5.73 Å². The van der Waals surface area contributed by atoms with Crippen LogP contribution in [-0.2, 0) is 0 Å². The van der Waals surface area contributed by atoms with Crippen molar-refractivity contribution >= 4 is 28.9 Å². The maximum Gasteiger partial charge on any atom is 0.146 e. The zero-order valence-corrected chi connectivity index (χ0v) is 9.69. The number of hydrogen-bond acceptors (Lipinski definition) is 1. The maximum absolute atomic E-state index is 13.3. The Labute approximate surface area is 103 Å². The highest BCUT2D eigenvalue weighted by atomic mass is 35.5. The molecule has 0 fully saturated rings. The predicted molar refractivity (Wildman–Crippen MR) is 66.3 cm³/mol. The number of nitrogens with two attached hydrogens (primary N) is 1. The van der Waals surface area contributed by atoms with E-state index in [4.69, 9.17) is 28.9 Å². The van der Waals surface area contributed by atoms with Gasteiger partial charge in [-0.2, -0.15) is 0 Å². The molecule has 0 aliphatic rings. The molecule has 0 saturated carbocycles. The number of hydrogen-bond donors (Lipinski definition) is 1. The monoisotopic (exact) mass is 255 g/mol. The van der Waals surface area contributed by atoms with Crippen molar-refractivity contribution in [1.82, 2.24) is 0 Å². The molecule has 2 N–H and O–H groups in total. The normalized spacial score (nSPS) is 10.4. The van der Waals surface area contributed by atoms with E-state index in [1.165, 1.54) is 6.07 Å². The highest BCUT2D eigenvalue weighted by Crippen LogP contribution is 2.36. The van der Waals surface area contributed by atoms with Crippen LogP contribution in [0.1, 0.15) is 0 Å². The molecule has 16 heavy (non-hydrogen) atoms. The molecule has 2 aromatic carbocycles. The third kappa shape index (κ3) is 1.86. The number of benzene rings is 2. The minimum absolute atomic E-state index is 0.0756. The van der Waals surface area contributed by atoms with Crippen LogP contribution in [0, 0.1) is 5.82 Å². The second-order valence-electron chi connectivity index (χ2n) is 3.30. The first-order valence-corrected chi connectivity index (χ1v) is 5.35. The molecule has 0 bridgehead atoms. The van der Waals surface area contributed by atoms with Gasteiger partial charge in [-0.3, -0.25) is 0 Å². The molecule has 0 atom stereocenters. The Hall–Kier alpha value is -1.25. The molecule has 1 nitrogen and oxygen atoms in total. The van der Waals surface area contributed by atoms with Crippen molar-refractivity contribution in [3.8, 4) is 11.1 Å². The van der Waals surface area contributed by atoms with Crippen LogP contribution in [0.4, 0.5) is 10.1 Å². The predicted octanol–water partition coefficient (Wildman–Crippen LogP) is 4.38. The minimum Gasteiger partial charge on any atom is -0.396 e.